The van der Waals surface area contributed by atoms with Crippen LogP contribution in [0, 0.1) is 0 Å². The van der Waals surface area contributed by atoms with E-state index < -0.39 is 6.04 Å². The van der Waals surface area contributed by atoms with Crippen LogP contribution >= 0.6 is 0 Å². The van der Waals surface area contributed by atoms with Crippen molar-refractivity contribution in [2.24, 2.45) is 0 Å². The van der Waals surface area contributed by atoms with E-state index in [0.29, 0.717) is 24.3 Å². The molecule has 0 aliphatic rings. The molecule has 0 bridgehead atoms. The smallest absolute Gasteiger partial charge is 0.248 e. The van der Waals surface area contributed by atoms with Crippen molar-refractivity contribution < 1.29 is 9.59 Å². The summed E-state index contributed by atoms with van der Waals surface area (Å²) in [6.07, 6.45) is 7.49. The molecule has 4 aromatic rings. The molecule has 152 valence electrons. The molecule has 0 spiro atoms. The van der Waals surface area contributed by atoms with E-state index in [2.05, 4.69) is 15.4 Å². The van der Waals surface area contributed by atoms with E-state index >= 15 is 0 Å². The number of amides is 1. The van der Waals surface area contributed by atoms with Crippen LogP contribution in [0.2, 0.25) is 0 Å². The van der Waals surface area contributed by atoms with Gasteiger partial charge in [-0.25, -0.2) is 4.68 Å². The number of rotatable bonds is 7. The van der Waals surface area contributed by atoms with Crippen LogP contribution < -0.4 is 5.32 Å². The van der Waals surface area contributed by atoms with Gasteiger partial charge in [0.25, 0.3) is 0 Å². The molecule has 1 unspecified atom stereocenters. The summed E-state index contributed by atoms with van der Waals surface area (Å²) in [4.78, 5) is 29.3. The maximum absolute atomic E-state index is 13.2. The van der Waals surface area contributed by atoms with Gasteiger partial charge >= 0.3 is 0 Å². The number of para-hydroxylation sites is 1. The zero-order valence-corrected chi connectivity index (χ0v) is 16.9. The predicted octanol–water partition coefficient (Wildman–Crippen LogP) is 4.07. The lowest BCUT2D eigenvalue weighted by molar-refractivity contribution is -0.119. The van der Waals surface area contributed by atoms with Gasteiger partial charge in [0, 0.05) is 41.1 Å². The van der Waals surface area contributed by atoms with Crippen LogP contribution in [0.5, 0.6) is 0 Å². The van der Waals surface area contributed by atoms with Gasteiger partial charge in [-0.2, -0.15) is 5.10 Å². The zero-order chi connectivity index (χ0) is 21.1. The van der Waals surface area contributed by atoms with E-state index in [0.717, 1.165) is 16.5 Å². The number of nitrogens with one attached hydrogen (secondary N) is 1. The van der Waals surface area contributed by atoms with Crippen LogP contribution in [0.15, 0.2) is 67.3 Å². The third-order valence-electron chi connectivity index (χ3n) is 5.19. The minimum Gasteiger partial charge on any atom is -0.334 e. The summed E-state index contributed by atoms with van der Waals surface area (Å²) in [6.45, 7) is 4.04. The number of hydrogen-bond acceptors (Lipinski definition) is 4. The molecule has 3 aromatic heterocycles. The Morgan fingerprint density at radius 1 is 1.07 bits per heavy atom. The van der Waals surface area contributed by atoms with Crippen molar-refractivity contribution in [3.63, 3.8) is 0 Å². The Kier molecular flexibility index (Phi) is 5.43. The van der Waals surface area contributed by atoms with Crippen LogP contribution in [0.1, 0.15) is 42.2 Å². The van der Waals surface area contributed by atoms with Gasteiger partial charge in [-0.1, -0.05) is 25.1 Å². The number of ketones is 1. The molecule has 1 N–H and O–H groups in total. The third kappa shape index (κ3) is 3.74. The van der Waals surface area contributed by atoms with Crippen molar-refractivity contribution in [1.29, 1.82) is 0 Å². The van der Waals surface area contributed by atoms with Crippen LogP contribution in [0.3, 0.4) is 0 Å². The fourth-order valence-corrected chi connectivity index (χ4v) is 3.69. The summed E-state index contributed by atoms with van der Waals surface area (Å²) in [5.41, 5.74) is 2.54. The van der Waals surface area contributed by atoms with Crippen LogP contribution in [0.25, 0.3) is 10.9 Å². The predicted molar refractivity (Wildman–Crippen MR) is 115 cm³/mol. The molecule has 0 fully saturated rings. The molecular weight excluding hydrogens is 378 g/mol. The van der Waals surface area contributed by atoms with Crippen LogP contribution in [0.4, 0.5) is 5.82 Å². The molecule has 0 radical (unpaired) electrons. The topological polar surface area (TPSA) is 81.8 Å². The number of Topliss-reactive ketones (excluding diaryl/α,β-unsaturated/α-hetero) is 1. The number of carbonyl (C=O) groups excluding carboxylic acids is 2. The number of aromatic nitrogens is 4. The van der Waals surface area contributed by atoms with Crippen LogP contribution in [-0.4, -0.2) is 31.0 Å². The number of anilines is 1. The fourth-order valence-electron chi connectivity index (χ4n) is 3.69. The van der Waals surface area contributed by atoms with Crippen molar-refractivity contribution in [3.8, 4) is 0 Å². The van der Waals surface area contributed by atoms with E-state index in [4.69, 9.17) is 0 Å². The highest BCUT2D eigenvalue weighted by molar-refractivity contribution is 6.07. The van der Waals surface area contributed by atoms with Gasteiger partial charge in [-0.05, 0) is 37.1 Å². The van der Waals surface area contributed by atoms with Gasteiger partial charge in [0.15, 0.2) is 5.78 Å². The summed E-state index contributed by atoms with van der Waals surface area (Å²) in [6, 6.07) is 12.8. The van der Waals surface area contributed by atoms with Gasteiger partial charge in [-0.3, -0.25) is 14.6 Å². The van der Waals surface area contributed by atoms with Crippen molar-refractivity contribution in [1.82, 2.24) is 19.3 Å². The number of benzene rings is 1. The van der Waals surface area contributed by atoms with Crippen molar-refractivity contribution in [2.75, 3.05) is 5.32 Å². The SMILES string of the molecule is CCC(C(=O)Nc1ccnn1Cc1ccncc1)n1cc(C(C)=O)c2ccccc21. The average molecular weight is 401 g/mol. The number of hydrogen-bond donors (Lipinski definition) is 1. The van der Waals surface area contributed by atoms with Crippen molar-refractivity contribution in [2.45, 2.75) is 32.9 Å². The fraction of sp³-hybridized carbons (Fsp3) is 0.217. The second-order valence-corrected chi connectivity index (χ2v) is 7.17. The zero-order valence-electron chi connectivity index (χ0n) is 16.9. The molecule has 3 heterocycles. The van der Waals surface area contributed by atoms with Gasteiger partial charge in [0.2, 0.25) is 5.91 Å². The summed E-state index contributed by atoms with van der Waals surface area (Å²) in [5.74, 6) is 0.457. The molecule has 7 nitrogen and oxygen atoms in total. The summed E-state index contributed by atoms with van der Waals surface area (Å²) in [7, 11) is 0. The van der Waals surface area contributed by atoms with E-state index in [9.17, 15) is 9.59 Å². The highest BCUT2D eigenvalue weighted by atomic mass is 16.2. The number of nitrogens with zero attached hydrogens (tertiary/aromatic N) is 4. The van der Waals surface area contributed by atoms with E-state index in [1.54, 1.807) is 42.5 Å². The van der Waals surface area contributed by atoms with E-state index in [1.165, 1.54) is 0 Å². The highest BCUT2D eigenvalue weighted by Gasteiger charge is 2.23. The lowest BCUT2D eigenvalue weighted by Crippen LogP contribution is -2.26. The first-order valence-corrected chi connectivity index (χ1v) is 9.90. The van der Waals surface area contributed by atoms with Gasteiger partial charge in [0.05, 0.1) is 12.7 Å². The van der Waals surface area contributed by atoms with E-state index in [1.807, 2.05) is 47.9 Å². The molecule has 0 saturated carbocycles. The molecular formula is C23H23N5O2. The summed E-state index contributed by atoms with van der Waals surface area (Å²) in [5, 5.41) is 8.19. The molecule has 4 rings (SSSR count). The molecule has 1 amide bonds. The largest absolute Gasteiger partial charge is 0.334 e. The molecule has 0 aliphatic carbocycles. The van der Waals surface area contributed by atoms with Gasteiger partial charge in [-0.15, -0.1) is 0 Å². The minimum atomic E-state index is -0.452. The molecule has 0 saturated heterocycles. The summed E-state index contributed by atoms with van der Waals surface area (Å²) < 4.78 is 3.64. The molecule has 1 atom stereocenters. The first kappa shape index (κ1) is 19.6. The van der Waals surface area contributed by atoms with E-state index in [-0.39, 0.29) is 11.7 Å². The Hall–Kier alpha value is -3.74. The second kappa shape index (κ2) is 8.32. The molecule has 7 heteroatoms. The monoisotopic (exact) mass is 401 g/mol. The number of carbonyl (C=O) groups is 2. The average Bonchev–Trinajstić information content (AvgIpc) is 3.34. The first-order valence-electron chi connectivity index (χ1n) is 9.90. The minimum absolute atomic E-state index is 0.0179. The first-order chi connectivity index (χ1) is 14.6. The number of fused-ring (bicyclic) bond motifs is 1. The highest BCUT2D eigenvalue weighted by Crippen LogP contribution is 2.27. The summed E-state index contributed by atoms with van der Waals surface area (Å²) >= 11 is 0. The Morgan fingerprint density at radius 3 is 2.57 bits per heavy atom. The lowest BCUT2D eigenvalue weighted by atomic mass is 10.1. The standard InChI is InChI=1S/C23H23N5O2/c1-3-20(27-15-19(16(2)29)18-6-4-5-7-21(18)27)23(30)26-22-10-13-25-28(22)14-17-8-11-24-12-9-17/h4-13,15,20H,3,14H2,1-2H3,(H,26,30). The van der Waals surface area contributed by atoms with Gasteiger partial charge in [0.1, 0.15) is 11.9 Å². The van der Waals surface area contributed by atoms with Crippen molar-refractivity contribution in [3.05, 3.63) is 78.4 Å². The maximum Gasteiger partial charge on any atom is 0.248 e. The molecule has 1 aromatic carbocycles. The quantitative estimate of drug-likeness (QED) is 0.473. The lowest BCUT2D eigenvalue weighted by Gasteiger charge is -2.18. The Balaban J connectivity index is 1.62. The molecule has 0 aliphatic heterocycles. The van der Waals surface area contributed by atoms with Crippen LogP contribution in [-0.2, 0) is 11.3 Å². The normalized spacial score (nSPS) is 12.1. The Labute approximate surface area is 174 Å². The Bertz CT molecular complexity index is 1190. The maximum atomic E-state index is 13.2. The molecule has 30 heavy (non-hydrogen) atoms. The number of pyridine rings is 1. The Morgan fingerprint density at radius 2 is 1.83 bits per heavy atom. The third-order valence-corrected chi connectivity index (χ3v) is 5.19. The second-order valence-electron chi connectivity index (χ2n) is 7.17. The van der Waals surface area contributed by atoms with Crippen molar-refractivity contribution >= 4 is 28.4 Å². The van der Waals surface area contributed by atoms with Gasteiger partial charge < -0.3 is 9.88 Å².